The summed E-state index contributed by atoms with van der Waals surface area (Å²) in [6.45, 7) is 13.2. The van der Waals surface area contributed by atoms with Crippen LogP contribution in [0.25, 0.3) is 0 Å². The summed E-state index contributed by atoms with van der Waals surface area (Å²) in [5, 5.41) is 3.39. The van der Waals surface area contributed by atoms with Crippen LogP contribution in [0.4, 0.5) is 0 Å². The SMILES string of the molecule is CCNCc1cc(CN(C)CC(C)C)c(C)s1. The molecule has 0 atom stereocenters. The molecule has 0 aliphatic carbocycles. The van der Waals surface area contributed by atoms with Crippen molar-refractivity contribution in [2.24, 2.45) is 5.92 Å². The second kappa shape index (κ2) is 7.14. The minimum Gasteiger partial charge on any atom is -0.312 e. The first-order chi connectivity index (χ1) is 8.02. The van der Waals surface area contributed by atoms with Gasteiger partial charge >= 0.3 is 0 Å². The van der Waals surface area contributed by atoms with Crippen LogP contribution < -0.4 is 5.32 Å². The van der Waals surface area contributed by atoms with E-state index in [4.69, 9.17) is 0 Å². The van der Waals surface area contributed by atoms with Gasteiger partial charge in [0.05, 0.1) is 0 Å². The molecule has 0 saturated carbocycles. The maximum Gasteiger partial charge on any atom is 0.0299 e. The summed E-state index contributed by atoms with van der Waals surface area (Å²) in [6.07, 6.45) is 0. The molecule has 0 amide bonds. The van der Waals surface area contributed by atoms with E-state index in [9.17, 15) is 0 Å². The van der Waals surface area contributed by atoms with Crippen molar-refractivity contribution in [2.75, 3.05) is 20.1 Å². The molecule has 2 nitrogen and oxygen atoms in total. The zero-order valence-corrected chi connectivity index (χ0v) is 12.7. The highest BCUT2D eigenvalue weighted by atomic mass is 32.1. The summed E-state index contributed by atoms with van der Waals surface area (Å²) in [7, 11) is 2.21. The van der Waals surface area contributed by atoms with Crippen LogP contribution in [-0.2, 0) is 13.1 Å². The smallest absolute Gasteiger partial charge is 0.0299 e. The number of aryl methyl sites for hydroxylation is 1. The molecular formula is C14H26N2S. The molecule has 3 heteroatoms. The fourth-order valence-corrected chi connectivity index (χ4v) is 3.08. The largest absolute Gasteiger partial charge is 0.312 e. The lowest BCUT2D eigenvalue weighted by Crippen LogP contribution is -2.22. The Hall–Kier alpha value is -0.380. The van der Waals surface area contributed by atoms with E-state index >= 15 is 0 Å². The number of nitrogens with one attached hydrogen (secondary N) is 1. The predicted octanol–water partition coefficient (Wildman–Crippen LogP) is 3.25. The molecule has 0 bridgehead atoms. The zero-order valence-electron chi connectivity index (χ0n) is 11.8. The topological polar surface area (TPSA) is 15.3 Å². The Balaban J connectivity index is 2.55. The van der Waals surface area contributed by atoms with Crippen LogP contribution in [0.5, 0.6) is 0 Å². The molecule has 0 unspecified atom stereocenters. The highest BCUT2D eigenvalue weighted by Gasteiger charge is 2.08. The average molecular weight is 254 g/mol. The number of thiophene rings is 1. The second-order valence-corrected chi connectivity index (χ2v) is 6.51. The quantitative estimate of drug-likeness (QED) is 0.803. The molecule has 0 aliphatic heterocycles. The normalized spacial score (nSPS) is 11.7. The van der Waals surface area contributed by atoms with Gasteiger partial charge in [-0.2, -0.15) is 0 Å². The minimum absolute atomic E-state index is 0.736. The fraction of sp³-hybridized carbons (Fsp3) is 0.714. The summed E-state index contributed by atoms with van der Waals surface area (Å²) in [5.74, 6) is 0.736. The highest BCUT2D eigenvalue weighted by Crippen LogP contribution is 2.22. The van der Waals surface area contributed by atoms with Crippen LogP contribution in [0.3, 0.4) is 0 Å². The van der Waals surface area contributed by atoms with Gasteiger partial charge in [-0.05, 0) is 38.1 Å². The number of rotatable bonds is 7. The van der Waals surface area contributed by atoms with Crippen molar-refractivity contribution < 1.29 is 0 Å². The van der Waals surface area contributed by atoms with Crippen molar-refractivity contribution in [2.45, 2.75) is 40.8 Å². The van der Waals surface area contributed by atoms with Crippen molar-refractivity contribution in [3.05, 3.63) is 21.4 Å². The molecule has 0 saturated heterocycles. The van der Waals surface area contributed by atoms with Crippen molar-refractivity contribution in [1.29, 1.82) is 0 Å². The van der Waals surface area contributed by atoms with E-state index in [1.165, 1.54) is 15.3 Å². The van der Waals surface area contributed by atoms with Gasteiger partial charge in [0.1, 0.15) is 0 Å². The molecule has 1 rings (SSSR count). The summed E-state index contributed by atoms with van der Waals surface area (Å²) < 4.78 is 0. The van der Waals surface area contributed by atoms with Crippen molar-refractivity contribution >= 4 is 11.3 Å². The Kier molecular flexibility index (Phi) is 6.17. The van der Waals surface area contributed by atoms with E-state index in [1.807, 2.05) is 11.3 Å². The minimum atomic E-state index is 0.736. The first-order valence-corrected chi connectivity index (χ1v) is 7.32. The molecule has 17 heavy (non-hydrogen) atoms. The lowest BCUT2D eigenvalue weighted by Gasteiger charge is -2.18. The molecule has 1 aromatic rings. The van der Waals surface area contributed by atoms with E-state index in [0.29, 0.717) is 0 Å². The molecule has 1 N–H and O–H groups in total. The third kappa shape index (κ3) is 5.19. The van der Waals surface area contributed by atoms with E-state index < -0.39 is 0 Å². The monoisotopic (exact) mass is 254 g/mol. The third-order valence-corrected chi connectivity index (χ3v) is 3.83. The molecule has 1 heterocycles. The molecule has 1 aromatic heterocycles. The van der Waals surface area contributed by atoms with Crippen LogP contribution in [0.2, 0.25) is 0 Å². The molecule has 0 spiro atoms. The Morgan fingerprint density at radius 2 is 2.12 bits per heavy atom. The molecule has 0 radical (unpaired) electrons. The van der Waals surface area contributed by atoms with Crippen molar-refractivity contribution in [3.8, 4) is 0 Å². The van der Waals surface area contributed by atoms with Gasteiger partial charge in [0.25, 0.3) is 0 Å². The van der Waals surface area contributed by atoms with Crippen LogP contribution in [-0.4, -0.2) is 25.0 Å². The van der Waals surface area contributed by atoms with Crippen molar-refractivity contribution in [3.63, 3.8) is 0 Å². The first-order valence-electron chi connectivity index (χ1n) is 6.50. The molecule has 0 aromatic carbocycles. The Morgan fingerprint density at radius 1 is 1.41 bits per heavy atom. The maximum atomic E-state index is 3.39. The zero-order chi connectivity index (χ0) is 12.8. The Labute approximate surface area is 110 Å². The third-order valence-electron chi connectivity index (χ3n) is 2.74. The van der Waals surface area contributed by atoms with Gasteiger partial charge in [-0.15, -0.1) is 11.3 Å². The van der Waals surface area contributed by atoms with E-state index in [2.05, 4.69) is 51.0 Å². The van der Waals surface area contributed by atoms with Gasteiger partial charge in [0.15, 0.2) is 0 Å². The standard InChI is InChI=1S/C14H26N2S/c1-6-15-8-14-7-13(12(4)17-14)10-16(5)9-11(2)3/h7,11,15H,6,8-10H2,1-5H3. The lowest BCUT2D eigenvalue weighted by molar-refractivity contribution is 0.288. The maximum absolute atomic E-state index is 3.39. The molecule has 98 valence electrons. The number of hydrogen-bond acceptors (Lipinski definition) is 3. The van der Waals surface area contributed by atoms with Gasteiger partial charge in [-0.3, -0.25) is 0 Å². The number of hydrogen-bond donors (Lipinski definition) is 1. The van der Waals surface area contributed by atoms with Crippen molar-refractivity contribution in [1.82, 2.24) is 10.2 Å². The number of nitrogens with zero attached hydrogens (tertiary/aromatic N) is 1. The van der Waals surface area contributed by atoms with Crippen LogP contribution >= 0.6 is 11.3 Å². The predicted molar refractivity (Wildman–Crippen MR) is 77.6 cm³/mol. The molecular weight excluding hydrogens is 228 g/mol. The highest BCUT2D eigenvalue weighted by molar-refractivity contribution is 7.12. The average Bonchev–Trinajstić information content (AvgIpc) is 2.55. The fourth-order valence-electron chi connectivity index (χ4n) is 2.06. The summed E-state index contributed by atoms with van der Waals surface area (Å²) in [6, 6.07) is 2.36. The Bertz CT molecular complexity index is 331. The van der Waals surface area contributed by atoms with Gasteiger partial charge in [0.2, 0.25) is 0 Å². The van der Waals surface area contributed by atoms with E-state index in [1.54, 1.807) is 0 Å². The summed E-state index contributed by atoms with van der Waals surface area (Å²) >= 11 is 1.93. The van der Waals surface area contributed by atoms with Gasteiger partial charge in [-0.1, -0.05) is 20.8 Å². The second-order valence-electron chi connectivity index (χ2n) is 5.17. The summed E-state index contributed by atoms with van der Waals surface area (Å²) in [4.78, 5) is 5.34. The lowest BCUT2D eigenvalue weighted by atomic mass is 10.2. The van der Waals surface area contributed by atoms with Crippen LogP contribution in [0, 0.1) is 12.8 Å². The van der Waals surface area contributed by atoms with Gasteiger partial charge < -0.3 is 10.2 Å². The summed E-state index contributed by atoms with van der Waals surface area (Å²) in [5.41, 5.74) is 1.49. The van der Waals surface area contributed by atoms with E-state index in [-0.39, 0.29) is 0 Å². The van der Waals surface area contributed by atoms with Gasteiger partial charge in [0, 0.05) is 29.4 Å². The van der Waals surface area contributed by atoms with Gasteiger partial charge in [-0.25, -0.2) is 0 Å². The van der Waals surface area contributed by atoms with E-state index in [0.717, 1.165) is 32.1 Å². The molecule has 0 fully saturated rings. The first kappa shape index (κ1) is 14.7. The van der Waals surface area contributed by atoms with Crippen LogP contribution in [0.15, 0.2) is 6.07 Å². The Morgan fingerprint density at radius 3 is 2.71 bits per heavy atom. The molecule has 0 aliphatic rings. The van der Waals surface area contributed by atoms with Crippen LogP contribution in [0.1, 0.15) is 36.1 Å².